The van der Waals surface area contributed by atoms with Crippen LogP contribution in [0.15, 0.2) is 54.8 Å². The van der Waals surface area contributed by atoms with Gasteiger partial charge < -0.3 is 0 Å². The fourth-order valence-corrected chi connectivity index (χ4v) is 6.73. The van der Waals surface area contributed by atoms with Crippen LogP contribution in [-0.2, 0) is 0 Å². The van der Waals surface area contributed by atoms with E-state index >= 15 is 0 Å². The summed E-state index contributed by atoms with van der Waals surface area (Å²) in [5, 5.41) is 1.42. The predicted octanol–water partition coefficient (Wildman–Crippen LogP) is 9.93. The minimum Gasteiger partial charge on any atom is -0.0952 e. The van der Waals surface area contributed by atoms with E-state index < -0.39 is 0 Å². The minimum atomic E-state index is 0.521. The molecule has 0 nitrogen and oxygen atoms in total. The molecule has 1 aliphatic carbocycles. The zero-order valence-electron chi connectivity index (χ0n) is 19.5. The van der Waals surface area contributed by atoms with Crippen LogP contribution < -0.4 is 0 Å². The van der Waals surface area contributed by atoms with E-state index in [2.05, 4.69) is 75.6 Å². The maximum Gasteiger partial charge on any atom is -0.0154 e. The van der Waals surface area contributed by atoms with Gasteiger partial charge in [-0.15, -0.1) is 0 Å². The van der Waals surface area contributed by atoms with Crippen LogP contribution in [0.1, 0.15) is 100 Å². The van der Waals surface area contributed by atoms with Crippen molar-refractivity contribution in [1.29, 1.82) is 0 Å². The van der Waals surface area contributed by atoms with Gasteiger partial charge >= 0.3 is 0 Å². The van der Waals surface area contributed by atoms with Gasteiger partial charge in [-0.3, -0.25) is 0 Å². The van der Waals surface area contributed by atoms with Crippen LogP contribution >= 0.6 is 8.19 Å². The third kappa shape index (κ3) is 6.31. The van der Waals surface area contributed by atoms with Crippen molar-refractivity contribution in [2.45, 2.75) is 90.9 Å². The van der Waals surface area contributed by atoms with Crippen LogP contribution in [0.25, 0.3) is 5.57 Å². The summed E-state index contributed by atoms with van der Waals surface area (Å²) in [6, 6.07) is 15.9. The molecule has 3 unspecified atom stereocenters. The van der Waals surface area contributed by atoms with Gasteiger partial charge in [0.1, 0.15) is 0 Å². The van der Waals surface area contributed by atoms with E-state index in [1.165, 1.54) is 82.4 Å². The Morgan fingerprint density at radius 3 is 2.50 bits per heavy atom. The van der Waals surface area contributed by atoms with Crippen LogP contribution in [-0.4, -0.2) is 0 Å². The molecule has 1 heterocycles. The van der Waals surface area contributed by atoms with Crippen LogP contribution in [0.3, 0.4) is 0 Å². The number of aryl methyl sites for hydroxylation is 1. The fraction of sp³-hybridized carbons (Fsp3) is 0.552. The van der Waals surface area contributed by atoms with Gasteiger partial charge in [-0.05, 0) is 96.9 Å². The van der Waals surface area contributed by atoms with E-state index in [9.17, 15) is 0 Å². The molecule has 1 fully saturated rings. The Bertz CT molecular complexity index is 776. The molecule has 0 aliphatic heterocycles. The summed E-state index contributed by atoms with van der Waals surface area (Å²) >= 11 is 0. The summed E-state index contributed by atoms with van der Waals surface area (Å²) in [5.41, 5.74) is 4.79. The molecule has 1 aromatic carbocycles. The number of hydrogen-bond donors (Lipinski definition) is 0. The number of benzene rings is 1. The highest BCUT2D eigenvalue weighted by molar-refractivity contribution is 7.30. The largest absolute Gasteiger partial charge is 0.0952 e. The lowest BCUT2D eigenvalue weighted by Crippen LogP contribution is -2.33. The predicted molar refractivity (Wildman–Crippen MR) is 135 cm³/mol. The third-order valence-corrected chi connectivity index (χ3v) is 8.24. The molecule has 1 saturated carbocycles. The van der Waals surface area contributed by atoms with Gasteiger partial charge in [0.05, 0.1) is 0 Å². The van der Waals surface area contributed by atoms with E-state index in [1.807, 2.05) is 0 Å². The molecule has 162 valence electrons. The van der Waals surface area contributed by atoms with Crippen molar-refractivity contribution in [2.75, 3.05) is 0 Å². The van der Waals surface area contributed by atoms with Crippen molar-refractivity contribution in [2.24, 2.45) is 11.3 Å². The van der Waals surface area contributed by atoms with Crippen molar-refractivity contribution in [3.05, 3.63) is 71.3 Å². The topological polar surface area (TPSA) is 0 Å². The SMILES string of the molecule is C=C(CCCC1(CCC)CC(CCC)CC(c2ccccc2)C1)c1ccc(C)pc1. The van der Waals surface area contributed by atoms with E-state index in [1.54, 1.807) is 5.56 Å². The first kappa shape index (κ1) is 23.3. The van der Waals surface area contributed by atoms with Crippen LogP contribution in [0, 0.1) is 18.3 Å². The zero-order valence-corrected chi connectivity index (χ0v) is 20.4. The Balaban J connectivity index is 1.69. The second-order valence-electron chi connectivity index (χ2n) is 9.80. The Kier molecular flexibility index (Phi) is 8.76. The van der Waals surface area contributed by atoms with Crippen LogP contribution in [0.4, 0.5) is 0 Å². The smallest absolute Gasteiger partial charge is 0.0154 e. The minimum absolute atomic E-state index is 0.521. The van der Waals surface area contributed by atoms with Crippen molar-refractivity contribution in [3.8, 4) is 0 Å². The highest BCUT2D eigenvalue weighted by Crippen LogP contribution is 2.53. The van der Waals surface area contributed by atoms with E-state index in [-0.39, 0.29) is 0 Å². The van der Waals surface area contributed by atoms with E-state index in [4.69, 9.17) is 0 Å². The average molecular weight is 421 g/mol. The van der Waals surface area contributed by atoms with Gasteiger partial charge in [0.2, 0.25) is 0 Å². The fourth-order valence-electron chi connectivity index (χ4n) is 5.96. The number of hydrogen-bond acceptors (Lipinski definition) is 0. The molecule has 0 amide bonds. The summed E-state index contributed by atoms with van der Waals surface area (Å²) in [6.45, 7) is 11.4. The third-order valence-electron chi connectivity index (χ3n) is 7.27. The first-order valence-corrected chi connectivity index (χ1v) is 13.2. The van der Waals surface area contributed by atoms with Crippen molar-refractivity contribution < 1.29 is 0 Å². The monoisotopic (exact) mass is 420 g/mol. The maximum absolute atomic E-state index is 4.43. The molecule has 1 aliphatic rings. The van der Waals surface area contributed by atoms with Gasteiger partial charge in [-0.1, -0.05) is 90.3 Å². The molecule has 3 rings (SSSR count). The Labute approximate surface area is 187 Å². The molecule has 1 aromatic heterocycles. The second kappa shape index (κ2) is 11.3. The molecular weight excluding hydrogens is 379 g/mol. The lowest BCUT2D eigenvalue weighted by Gasteiger charge is -2.45. The Morgan fingerprint density at radius 2 is 1.83 bits per heavy atom. The summed E-state index contributed by atoms with van der Waals surface area (Å²) in [4.78, 5) is 0. The molecule has 1 heteroatoms. The molecule has 2 aromatic rings. The van der Waals surface area contributed by atoms with Gasteiger partial charge in [0.25, 0.3) is 0 Å². The van der Waals surface area contributed by atoms with Crippen LogP contribution in [0.2, 0.25) is 0 Å². The van der Waals surface area contributed by atoms with Gasteiger partial charge in [0, 0.05) is 0 Å². The number of allylic oxidation sites excluding steroid dienone is 1. The quantitative estimate of drug-likeness (QED) is 0.359. The highest BCUT2D eigenvalue weighted by Gasteiger charge is 2.39. The number of rotatable bonds is 10. The van der Waals surface area contributed by atoms with Crippen molar-refractivity contribution in [1.82, 2.24) is 0 Å². The summed E-state index contributed by atoms with van der Waals surface area (Å²) in [6.07, 6.45) is 13.4. The standard InChI is InChI=1S/C29H41P/c1-5-11-25-19-28(26-13-8-7-9-14-26)21-29(20-25,17-6-2)18-10-12-23(3)27-16-15-24(4)30-22-27/h7-9,13-16,22,25,28H,3,5-6,10-12,17-21H2,1-2,4H3. The van der Waals surface area contributed by atoms with Gasteiger partial charge in [-0.25, -0.2) is 0 Å². The van der Waals surface area contributed by atoms with Crippen LogP contribution in [0.5, 0.6) is 0 Å². The summed E-state index contributed by atoms with van der Waals surface area (Å²) in [7, 11) is 1.33. The molecule has 0 radical (unpaired) electrons. The summed E-state index contributed by atoms with van der Waals surface area (Å²) < 4.78 is 0. The first-order chi connectivity index (χ1) is 14.5. The maximum atomic E-state index is 4.43. The highest BCUT2D eigenvalue weighted by atomic mass is 31.0. The molecule has 0 saturated heterocycles. The van der Waals surface area contributed by atoms with Gasteiger partial charge in [0.15, 0.2) is 0 Å². The normalized spacial score (nSPS) is 24.2. The lowest BCUT2D eigenvalue weighted by atomic mass is 9.59. The average Bonchev–Trinajstić information content (AvgIpc) is 2.75. The van der Waals surface area contributed by atoms with E-state index in [0.29, 0.717) is 5.41 Å². The van der Waals surface area contributed by atoms with Crippen molar-refractivity contribution in [3.63, 3.8) is 0 Å². The Hall–Kier alpha value is -1.39. The molecule has 0 spiro atoms. The zero-order chi connectivity index (χ0) is 21.4. The lowest BCUT2D eigenvalue weighted by molar-refractivity contribution is 0.0894. The molecular formula is C29H41P. The Morgan fingerprint density at radius 1 is 1.03 bits per heavy atom. The second-order valence-corrected chi connectivity index (χ2v) is 11.0. The molecule has 3 atom stereocenters. The first-order valence-electron chi connectivity index (χ1n) is 12.2. The molecule has 30 heavy (non-hydrogen) atoms. The van der Waals surface area contributed by atoms with Gasteiger partial charge in [-0.2, -0.15) is 0 Å². The summed E-state index contributed by atoms with van der Waals surface area (Å²) in [5.74, 6) is 3.97. The van der Waals surface area contributed by atoms with E-state index in [0.717, 1.165) is 18.3 Å². The molecule has 0 bridgehead atoms. The molecule has 0 N–H and O–H groups in total. The van der Waals surface area contributed by atoms with Crippen molar-refractivity contribution >= 4 is 13.8 Å².